The summed E-state index contributed by atoms with van der Waals surface area (Å²) in [5, 5.41) is 10.6. The zero-order valence-electron chi connectivity index (χ0n) is 13.8. The summed E-state index contributed by atoms with van der Waals surface area (Å²) in [7, 11) is 1.61. The van der Waals surface area contributed by atoms with Crippen molar-refractivity contribution in [3.63, 3.8) is 0 Å². The Morgan fingerprint density at radius 2 is 2.00 bits per heavy atom. The van der Waals surface area contributed by atoms with Crippen LogP contribution in [0.2, 0.25) is 10.0 Å². The average molecular weight is 380 g/mol. The van der Waals surface area contributed by atoms with Crippen LogP contribution in [0.15, 0.2) is 42.5 Å². The molecule has 0 radical (unpaired) electrons. The summed E-state index contributed by atoms with van der Waals surface area (Å²) in [5.74, 6) is -0.0907. The first kappa shape index (κ1) is 18.1. The fraction of sp³-hybridized carbons (Fsp3) is 0.316. The number of carboxylic acids is 1. The first-order chi connectivity index (χ1) is 12.0. The van der Waals surface area contributed by atoms with Crippen LogP contribution in [0.5, 0.6) is 5.75 Å². The lowest BCUT2D eigenvalue weighted by Crippen LogP contribution is -2.39. The predicted octanol–water partition coefficient (Wildman–Crippen LogP) is 4.64. The fourth-order valence-electron chi connectivity index (χ4n) is 3.49. The van der Waals surface area contributed by atoms with Crippen LogP contribution in [0.4, 0.5) is 0 Å². The van der Waals surface area contributed by atoms with E-state index in [0.717, 1.165) is 23.3 Å². The summed E-state index contributed by atoms with van der Waals surface area (Å²) in [4.78, 5) is 13.7. The molecule has 1 aliphatic rings. The molecule has 2 aromatic carbocycles. The average Bonchev–Trinajstić information content (AvgIpc) is 3.08. The van der Waals surface area contributed by atoms with Gasteiger partial charge in [-0.3, -0.25) is 9.69 Å². The van der Waals surface area contributed by atoms with Gasteiger partial charge in [-0.15, -0.1) is 0 Å². The number of hydrogen-bond acceptors (Lipinski definition) is 3. The Morgan fingerprint density at radius 1 is 1.24 bits per heavy atom. The Kier molecular flexibility index (Phi) is 5.52. The van der Waals surface area contributed by atoms with E-state index in [9.17, 15) is 9.90 Å². The maximum Gasteiger partial charge on any atom is 0.320 e. The molecule has 0 spiro atoms. The molecule has 2 aromatic rings. The molecule has 1 aliphatic heterocycles. The van der Waals surface area contributed by atoms with Crippen LogP contribution in [0.3, 0.4) is 0 Å². The third-order valence-electron chi connectivity index (χ3n) is 4.60. The van der Waals surface area contributed by atoms with Gasteiger partial charge in [-0.2, -0.15) is 0 Å². The number of halogens is 2. The summed E-state index contributed by atoms with van der Waals surface area (Å²) < 4.78 is 5.52. The maximum atomic E-state index is 11.7. The minimum atomic E-state index is -0.808. The van der Waals surface area contributed by atoms with E-state index in [-0.39, 0.29) is 6.04 Å². The van der Waals surface area contributed by atoms with Gasteiger partial charge in [0.15, 0.2) is 0 Å². The largest absolute Gasteiger partial charge is 0.496 e. The van der Waals surface area contributed by atoms with Crippen LogP contribution in [-0.4, -0.2) is 35.7 Å². The molecule has 25 heavy (non-hydrogen) atoms. The first-order valence-electron chi connectivity index (χ1n) is 8.09. The van der Waals surface area contributed by atoms with Gasteiger partial charge < -0.3 is 9.84 Å². The molecule has 0 aromatic heterocycles. The van der Waals surface area contributed by atoms with Crippen molar-refractivity contribution >= 4 is 29.2 Å². The maximum absolute atomic E-state index is 11.7. The number of nitrogens with zero attached hydrogens (tertiary/aromatic N) is 1. The van der Waals surface area contributed by atoms with Crippen LogP contribution < -0.4 is 4.74 Å². The monoisotopic (exact) mass is 379 g/mol. The fourth-order valence-corrected chi connectivity index (χ4v) is 3.79. The predicted molar refractivity (Wildman–Crippen MR) is 98.7 cm³/mol. The van der Waals surface area contributed by atoms with E-state index < -0.39 is 12.0 Å². The minimum absolute atomic E-state index is 0.269. The highest BCUT2D eigenvalue weighted by atomic mass is 35.5. The Hall–Kier alpha value is -1.75. The molecule has 6 heteroatoms. The SMILES string of the molecule is COc1ccccc1C(c1ccc(Cl)c(Cl)c1)N1CCCC1C(=O)O. The van der Waals surface area contributed by atoms with Crippen LogP contribution >= 0.6 is 23.2 Å². The number of rotatable bonds is 5. The van der Waals surface area contributed by atoms with E-state index in [0.29, 0.717) is 23.0 Å². The molecule has 2 atom stereocenters. The second-order valence-electron chi connectivity index (χ2n) is 6.05. The molecule has 1 saturated heterocycles. The number of carboxylic acid groups (broad SMARTS) is 1. The van der Waals surface area contributed by atoms with Gasteiger partial charge in [0.05, 0.1) is 23.2 Å². The molecule has 1 heterocycles. The number of likely N-dealkylation sites (tertiary alicyclic amines) is 1. The molecule has 0 aliphatic carbocycles. The number of aliphatic carboxylic acids is 1. The molecule has 2 unspecified atom stereocenters. The zero-order valence-corrected chi connectivity index (χ0v) is 15.3. The Bertz CT molecular complexity index is 781. The highest BCUT2D eigenvalue weighted by Gasteiger charge is 2.37. The van der Waals surface area contributed by atoms with E-state index >= 15 is 0 Å². The van der Waals surface area contributed by atoms with Crippen molar-refractivity contribution in [3.05, 3.63) is 63.6 Å². The number of carbonyl (C=O) groups is 1. The highest BCUT2D eigenvalue weighted by Crippen LogP contribution is 2.40. The van der Waals surface area contributed by atoms with Gasteiger partial charge in [-0.25, -0.2) is 0 Å². The topological polar surface area (TPSA) is 49.8 Å². The Labute approximate surface area is 156 Å². The van der Waals surface area contributed by atoms with Crippen LogP contribution in [0.25, 0.3) is 0 Å². The van der Waals surface area contributed by atoms with Gasteiger partial charge >= 0.3 is 5.97 Å². The summed E-state index contributed by atoms with van der Waals surface area (Å²) in [6.45, 7) is 0.694. The number of benzene rings is 2. The molecule has 4 nitrogen and oxygen atoms in total. The van der Waals surface area contributed by atoms with Gasteiger partial charge in [0.2, 0.25) is 0 Å². The Morgan fingerprint density at radius 3 is 2.68 bits per heavy atom. The molecule has 3 rings (SSSR count). The zero-order chi connectivity index (χ0) is 18.0. The summed E-state index contributed by atoms with van der Waals surface area (Å²) in [6.07, 6.45) is 1.46. The van der Waals surface area contributed by atoms with Gasteiger partial charge in [-0.1, -0.05) is 47.5 Å². The van der Waals surface area contributed by atoms with Gasteiger partial charge in [0.25, 0.3) is 0 Å². The molecule has 1 fully saturated rings. The van der Waals surface area contributed by atoms with Crippen LogP contribution in [0.1, 0.15) is 30.0 Å². The molecule has 1 N–H and O–H groups in total. The van der Waals surface area contributed by atoms with Crippen LogP contribution in [0, 0.1) is 0 Å². The number of ether oxygens (including phenoxy) is 1. The van der Waals surface area contributed by atoms with Gasteiger partial charge in [0, 0.05) is 12.1 Å². The summed E-state index contributed by atoms with van der Waals surface area (Å²) in [6, 6.07) is 12.3. The summed E-state index contributed by atoms with van der Waals surface area (Å²) in [5.41, 5.74) is 1.81. The van der Waals surface area contributed by atoms with E-state index in [2.05, 4.69) is 0 Å². The normalized spacial score (nSPS) is 18.9. The molecule has 0 bridgehead atoms. The van der Waals surface area contributed by atoms with Crippen molar-refractivity contribution in [3.8, 4) is 5.75 Å². The molecular weight excluding hydrogens is 361 g/mol. The highest BCUT2D eigenvalue weighted by molar-refractivity contribution is 6.42. The molecule has 0 amide bonds. The van der Waals surface area contributed by atoms with Crippen molar-refractivity contribution in [2.45, 2.75) is 24.9 Å². The van der Waals surface area contributed by atoms with Crippen molar-refractivity contribution in [1.82, 2.24) is 4.90 Å². The molecular formula is C19H19Cl2NO3. The molecule has 132 valence electrons. The summed E-state index contributed by atoms with van der Waals surface area (Å²) >= 11 is 12.3. The van der Waals surface area contributed by atoms with E-state index in [1.165, 1.54) is 0 Å². The second kappa shape index (κ2) is 7.65. The Balaban J connectivity index is 2.14. The van der Waals surface area contributed by atoms with Crippen LogP contribution in [-0.2, 0) is 4.79 Å². The van der Waals surface area contributed by atoms with E-state index in [1.807, 2.05) is 35.2 Å². The lowest BCUT2D eigenvalue weighted by Gasteiger charge is -2.33. The second-order valence-corrected chi connectivity index (χ2v) is 6.87. The van der Waals surface area contributed by atoms with Crippen molar-refractivity contribution in [1.29, 1.82) is 0 Å². The number of methoxy groups -OCH3 is 1. The number of hydrogen-bond donors (Lipinski definition) is 1. The van der Waals surface area contributed by atoms with Crippen molar-refractivity contribution < 1.29 is 14.6 Å². The van der Waals surface area contributed by atoms with Crippen molar-refractivity contribution in [2.24, 2.45) is 0 Å². The molecule has 0 saturated carbocycles. The smallest absolute Gasteiger partial charge is 0.320 e. The van der Waals surface area contributed by atoms with E-state index in [4.69, 9.17) is 27.9 Å². The quantitative estimate of drug-likeness (QED) is 0.821. The van der Waals surface area contributed by atoms with Gasteiger partial charge in [0.1, 0.15) is 11.8 Å². The third kappa shape index (κ3) is 3.61. The lowest BCUT2D eigenvalue weighted by atomic mass is 9.95. The van der Waals surface area contributed by atoms with E-state index in [1.54, 1.807) is 19.2 Å². The first-order valence-corrected chi connectivity index (χ1v) is 8.85. The standard InChI is InChI=1S/C19H19Cl2NO3/c1-25-17-7-3-2-5-13(17)18(12-8-9-14(20)15(21)11-12)22-10-4-6-16(22)19(23)24/h2-3,5,7-9,11,16,18H,4,6,10H2,1H3,(H,23,24). The minimum Gasteiger partial charge on any atom is -0.496 e. The lowest BCUT2D eigenvalue weighted by molar-refractivity contribution is -0.142. The van der Waals surface area contributed by atoms with Crippen molar-refractivity contribution in [2.75, 3.05) is 13.7 Å². The van der Waals surface area contributed by atoms with Gasteiger partial charge in [-0.05, 0) is 36.6 Å². The third-order valence-corrected chi connectivity index (χ3v) is 5.34. The number of para-hydroxylation sites is 1.